The van der Waals surface area contributed by atoms with Crippen LogP contribution in [-0.2, 0) is 6.42 Å². The zero-order chi connectivity index (χ0) is 16.4. The lowest BCUT2D eigenvalue weighted by atomic mass is 10.0. The summed E-state index contributed by atoms with van der Waals surface area (Å²) in [5.41, 5.74) is 3.20. The number of rotatable bonds is 4. The summed E-state index contributed by atoms with van der Waals surface area (Å²) in [5, 5.41) is 9.84. The monoisotopic (exact) mass is 310 g/mol. The molecule has 3 aromatic rings. The van der Waals surface area contributed by atoms with Gasteiger partial charge >= 0.3 is 0 Å². The molecule has 0 saturated heterocycles. The van der Waals surface area contributed by atoms with Gasteiger partial charge in [0.1, 0.15) is 5.82 Å². The molecular formula is C18H15FN2O2. The topological polar surface area (TPSA) is 58.0 Å². The molecular weight excluding hydrogens is 295 g/mol. The third kappa shape index (κ3) is 2.59. The zero-order valence-electron chi connectivity index (χ0n) is 12.8. The van der Waals surface area contributed by atoms with Crippen molar-refractivity contribution >= 4 is 10.9 Å². The molecule has 1 heterocycles. The van der Waals surface area contributed by atoms with Gasteiger partial charge in [-0.1, -0.05) is 0 Å². The van der Waals surface area contributed by atoms with Crippen molar-refractivity contribution in [2.75, 3.05) is 14.2 Å². The van der Waals surface area contributed by atoms with Crippen LogP contribution < -0.4 is 9.47 Å². The fourth-order valence-corrected chi connectivity index (χ4v) is 2.72. The van der Waals surface area contributed by atoms with Crippen molar-refractivity contribution in [3.63, 3.8) is 0 Å². The van der Waals surface area contributed by atoms with Gasteiger partial charge in [0.25, 0.3) is 0 Å². The number of halogens is 1. The van der Waals surface area contributed by atoms with Crippen LogP contribution in [0.2, 0.25) is 0 Å². The summed E-state index contributed by atoms with van der Waals surface area (Å²) in [6.45, 7) is 0. The van der Waals surface area contributed by atoms with Crippen LogP contribution in [-0.4, -0.2) is 19.2 Å². The van der Waals surface area contributed by atoms with Crippen LogP contribution in [0.1, 0.15) is 5.56 Å². The average Bonchev–Trinajstić information content (AvgIpc) is 2.92. The third-order valence-electron chi connectivity index (χ3n) is 3.80. The maximum absolute atomic E-state index is 13.6. The van der Waals surface area contributed by atoms with E-state index in [1.165, 1.54) is 12.1 Å². The van der Waals surface area contributed by atoms with Crippen molar-refractivity contribution in [3.05, 3.63) is 47.8 Å². The van der Waals surface area contributed by atoms with Gasteiger partial charge in [0.15, 0.2) is 11.5 Å². The molecule has 1 aromatic heterocycles. The second-order valence-electron chi connectivity index (χ2n) is 5.07. The SMILES string of the molecule is COc1ccc(-c2[nH]c3ccc(F)cc3c2CC#N)cc1OC. The van der Waals surface area contributed by atoms with E-state index in [2.05, 4.69) is 11.1 Å². The van der Waals surface area contributed by atoms with Gasteiger partial charge in [0, 0.05) is 16.5 Å². The smallest absolute Gasteiger partial charge is 0.161 e. The predicted octanol–water partition coefficient (Wildman–Crippen LogP) is 4.06. The first-order chi connectivity index (χ1) is 11.2. The summed E-state index contributed by atoms with van der Waals surface area (Å²) >= 11 is 0. The van der Waals surface area contributed by atoms with Gasteiger partial charge in [0.2, 0.25) is 0 Å². The van der Waals surface area contributed by atoms with E-state index in [-0.39, 0.29) is 12.2 Å². The van der Waals surface area contributed by atoms with E-state index in [9.17, 15) is 4.39 Å². The number of H-pyrrole nitrogens is 1. The Balaban J connectivity index is 2.23. The third-order valence-corrected chi connectivity index (χ3v) is 3.80. The lowest BCUT2D eigenvalue weighted by Crippen LogP contribution is -1.92. The van der Waals surface area contributed by atoms with Gasteiger partial charge in [0.05, 0.1) is 32.4 Å². The molecule has 0 aliphatic heterocycles. The second-order valence-corrected chi connectivity index (χ2v) is 5.07. The van der Waals surface area contributed by atoms with E-state index in [1.807, 2.05) is 12.1 Å². The van der Waals surface area contributed by atoms with Gasteiger partial charge in [-0.15, -0.1) is 0 Å². The average molecular weight is 310 g/mol. The van der Waals surface area contributed by atoms with Crippen LogP contribution in [0.15, 0.2) is 36.4 Å². The molecule has 0 aliphatic carbocycles. The highest BCUT2D eigenvalue weighted by atomic mass is 19.1. The minimum atomic E-state index is -0.324. The van der Waals surface area contributed by atoms with Crippen LogP contribution in [0.25, 0.3) is 22.2 Å². The van der Waals surface area contributed by atoms with Crippen LogP contribution in [0, 0.1) is 17.1 Å². The summed E-state index contributed by atoms with van der Waals surface area (Å²) in [5.74, 6) is 0.896. The molecule has 1 N–H and O–H groups in total. The maximum Gasteiger partial charge on any atom is 0.161 e. The molecule has 4 nitrogen and oxygen atoms in total. The molecule has 116 valence electrons. The van der Waals surface area contributed by atoms with Crippen molar-refractivity contribution in [3.8, 4) is 28.8 Å². The molecule has 3 rings (SSSR count). The Morgan fingerprint density at radius 1 is 1.09 bits per heavy atom. The molecule has 5 heteroatoms. The standard InChI is InChI=1S/C18H15FN2O2/c1-22-16-6-3-11(9-17(16)23-2)18-13(7-8-20)14-10-12(19)4-5-15(14)21-18/h3-6,9-10,21H,7H2,1-2H3. The summed E-state index contributed by atoms with van der Waals surface area (Å²) < 4.78 is 24.1. The summed E-state index contributed by atoms with van der Waals surface area (Å²) in [6.07, 6.45) is 0.188. The number of aromatic amines is 1. The van der Waals surface area contributed by atoms with E-state index in [0.29, 0.717) is 11.5 Å². The Morgan fingerprint density at radius 3 is 2.57 bits per heavy atom. The highest BCUT2D eigenvalue weighted by Crippen LogP contribution is 2.36. The summed E-state index contributed by atoms with van der Waals surface area (Å²) in [7, 11) is 3.14. The van der Waals surface area contributed by atoms with Crippen molar-refractivity contribution in [1.82, 2.24) is 4.98 Å². The molecule has 0 bridgehead atoms. The van der Waals surface area contributed by atoms with Crippen LogP contribution in [0.5, 0.6) is 11.5 Å². The number of ether oxygens (including phenoxy) is 2. The molecule has 0 spiro atoms. The minimum absolute atomic E-state index is 0.188. The second kappa shape index (κ2) is 6.01. The predicted molar refractivity (Wildman–Crippen MR) is 86.1 cm³/mol. The normalized spacial score (nSPS) is 10.5. The number of hydrogen-bond donors (Lipinski definition) is 1. The lowest BCUT2D eigenvalue weighted by Gasteiger charge is -2.09. The van der Waals surface area contributed by atoms with Crippen molar-refractivity contribution < 1.29 is 13.9 Å². The van der Waals surface area contributed by atoms with E-state index >= 15 is 0 Å². The number of methoxy groups -OCH3 is 2. The van der Waals surface area contributed by atoms with E-state index in [4.69, 9.17) is 14.7 Å². The summed E-state index contributed by atoms with van der Waals surface area (Å²) in [6, 6.07) is 12.2. The molecule has 2 aromatic carbocycles. The Hall–Kier alpha value is -3.00. The number of fused-ring (bicyclic) bond motifs is 1. The summed E-state index contributed by atoms with van der Waals surface area (Å²) in [4.78, 5) is 3.27. The first-order valence-electron chi connectivity index (χ1n) is 7.07. The largest absolute Gasteiger partial charge is 0.493 e. The Kier molecular flexibility index (Phi) is 3.90. The molecule has 0 radical (unpaired) electrons. The molecule has 0 saturated carbocycles. The number of benzene rings is 2. The fourth-order valence-electron chi connectivity index (χ4n) is 2.72. The van der Waals surface area contributed by atoms with Gasteiger partial charge in [-0.2, -0.15) is 5.26 Å². The van der Waals surface area contributed by atoms with Crippen molar-refractivity contribution in [1.29, 1.82) is 5.26 Å². The molecule has 0 atom stereocenters. The van der Waals surface area contributed by atoms with Gasteiger partial charge in [-0.05, 0) is 42.0 Å². The van der Waals surface area contributed by atoms with Crippen molar-refractivity contribution in [2.24, 2.45) is 0 Å². The number of aromatic nitrogens is 1. The molecule has 0 fully saturated rings. The quantitative estimate of drug-likeness (QED) is 0.790. The zero-order valence-corrected chi connectivity index (χ0v) is 12.8. The van der Waals surface area contributed by atoms with E-state index in [1.54, 1.807) is 26.4 Å². The first-order valence-corrected chi connectivity index (χ1v) is 7.07. The number of nitrogens with zero attached hydrogens (tertiary/aromatic N) is 1. The Labute approximate surface area is 133 Å². The van der Waals surface area contributed by atoms with Crippen LogP contribution >= 0.6 is 0 Å². The maximum atomic E-state index is 13.6. The van der Waals surface area contributed by atoms with Crippen molar-refractivity contribution in [2.45, 2.75) is 6.42 Å². The van der Waals surface area contributed by atoms with Crippen LogP contribution in [0.4, 0.5) is 4.39 Å². The van der Waals surface area contributed by atoms with Gasteiger partial charge in [-0.25, -0.2) is 4.39 Å². The highest BCUT2D eigenvalue weighted by molar-refractivity contribution is 5.91. The molecule has 0 aliphatic rings. The number of nitrogens with one attached hydrogen (secondary N) is 1. The molecule has 23 heavy (non-hydrogen) atoms. The van der Waals surface area contributed by atoms with E-state index < -0.39 is 0 Å². The minimum Gasteiger partial charge on any atom is -0.493 e. The Morgan fingerprint density at radius 2 is 1.87 bits per heavy atom. The number of nitriles is 1. The number of hydrogen-bond acceptors (Lipinski definition) is 3. The highest BCUT2D eigenvalue weighted by Gasteiger charge is 2.15. The van der Waals surface area contributed by atoms with E-state index in [0.717, 1.165) is 27.7 Å². The van der Waals surface area contributed by atoms with Gasteiger partial charge < -0.3 is 14.5 Å². The lowest BCUT2D eigenvalue weighted by molar-refractivity contribution is 0.355. The van der Waals surface area contributed by atoms with Crippen LogP contribution in [0.3, 0.4) is 0 Å². The fraction of sp³-hybridized carbons (Fsp3) is 0.167. The Bertz CT molecular complexity index is 909. The first kappa shape index (κ1) is 14.9. The molecule has 0 unspecified atom stereocenters. The van der Waals surface area contributed by atoms with Gasteiger partial charge in [-0.3, -0.25) is 0 Å². The molecule has 0 amide bonds.